The molecule has 0 radical (unpaired) electrons. The van der Waals surface area contributed by atoms with Crippen LogP contribution in [-0.2, 0) is 4.79 Å². The number of carbonyl (C=O) groups excluding carboxylic acids is 1. The number of fused-ring (bicyclic) bond motifs is 4. The van der Waals surface area contributed by atoms with Gasteiger partial charge in [0.15, 0.2) is 0 Å². The molecule has 1 amide bonds. The number of aliphatic hydroxyl groups is 1. The number of aromatic amines is 1. The van der Waals surface area contributed by atoms with E-state index < -0.39 is 17.4 Å². The van der Waals surface area contributed by atoms with Crippen molar-refractivity contribution in [2.45, 2.75) is 31.9 Å². The number of nitrogens with zero attached hydrogens (tertiary/aromatic N) is 5. The second kappa shape index (κ2) is 8.90. The van der Waals surface area contributed by atoms with Crippen LogP contribution in [0.25, 0.3) is 44.1 Å². The Morgan fingerprint density at radius 2 is 1.81 bits per heavy atom. The number of hydrogen-bond donors (Lipinski definition) is 2. The fourth-order valence-corrected chi connectivity index (χ4v) is 5.12. The molecule has 186 valence electrons. The molecule has 37 heavy (non-hydrogen) atoms. The first-order valence-electron chi connectivity index (χ1n) is 12.2. The van der Waals surface area contributed by atoms with E-state index in [1.54, 1.807) is 15.7 Å². The Morgan fingerprint density at radius 3 is 2.59 bits per heavy atom. The molecular weight excluding hydrogens is 472 g/mol. The molecule has 1 aliphatic rings. The summed E-state index contributed by atoms with van der Waals surface area (Å²) in [5, 5.41) is 10.9. The maximum absolute atomic E-state index is 13.2. The van der Waals surface area contributed by atoms with Gasteiger partial charge in [-0.05, 0) is 44.0 Å². The minimum atomic E-state index is -1.07. The number of nitrogens with one attached hydrogen (secondary N) is 1. The van der Waals surface area contributed by atoms with Gasteiger partial charge in [-0.2, -0.15) is 0 Å². The van der Waals surface area contributed by atoms with Crippen molar-refractivity contribution < 1.29 is 9.90 Å². The van der Waals surface area contributed by atoms with Crippen molar-refractivity contribution in [2.75, 3.05) is 13.1 Å². The number of hydrogen-bond acceptors (Lipinski definition) is 7. The molecule has 6 rings (SSSR count). The highest BCUT2D eigenvalue weighted by Crippen LogP contribution is 2.29. The Morgan fingerprint density at radius 1 is 1.05 bits per heavy atom. The number of aliphatic hydroxyl groups excluding tert-OH is 1. The molecule has 1 saturated heterocycles. The lowest BCUT2D eigenvalue weighted by atomic mass is 10.0. The Kier molecular flexibility index (Phi) is 5.53. The molecule has 0 unspecified atom stereocenters. The normalized spacial score (nSPS) is 15.5. The molecule has 0 spiro atoms. The van der Waals surface area contributed by atoms with Crippen LogP contribution in [0.1, 0.15) is 25.8 Å². The maximum Gasteiger partial charge on any atom is 0.329 e. The largest absolute Gasteiger partial charge is 0.384 e. The molecule has 0 saturated carbocycles. The van der Waals surface area contributed by atoms with Crippen LogP contribution >= 0.6 is 0 Å². The van der Waals surface area contributed by atoms with E-state index >= 15 is 0 Å². The average Bonchev–Trinajstić information content (AvgIpc) is 2.92. The second-order valence-electron chi connectivity index (χ2n) is 9.36. The minimum Gasteiger partial charge on any atom is -0.384 e. The Hall–Kier alpha value is -4.44. The number of pyridine rings is 3. The summed E-state index contributed by atoms with van der Waals surface area (Å²) in [6, 6.07) is 13.2. The van der Waals surface area contributed by atoms with Crippen LogP contribution in [0.5, 0.6) is 0 Å². The molecule has 5 heterocycles. The van der Waals surface area contributed by atoms with E-state index in [1.165, 1.54) is 13.1 Å². The number of H-pyrrole nitrogens is 1. The highest BCUT2D eigenvalue weighted by atomic mass is 16.3. The second-order valence-corrected chi connectivity index (χ2v) is 9.36. The predicted octanol–water partition coefficient (Wildman–Crippen LogP) is 2.39. The van der Waals surface area contributed by atoms with Crippen molar-refractivity contribution in [3.8, 4) is 11.3 Å². The van der Waals surface area contributed by atoms with Crippen molar-refractivity contribution in [3.05, 3.63) is 75.7 Å². The monoisotopic (exact) mass is 496 g/mol. The Labute approximate surface area is 210 Å². The zero-order chi connectivity index (χ0) is 25.7. The molecule has 10 heteroatoms. The number of benzene rings is 1. The lowest BCUT2D eigenvalue weighted by molar-refractivity contribution is -0.140. The van der Waals surface area contributed by atoms with Crippen molar-refractivity contribution in [1.29, 1.82) is 0 Å². The third-order valence-corrected chi connectivity index (χ3v) is 7.00. The van der Waals surface area contributed by atoms with E-state index in [4.69, 9.17) is 4.98 Å². The summed E-state index contributed by atoms with van der Waals surface area (Å²) in [7, 11) is 0. The molecule has 1 aromatic carbocycles. The molecule has 0 aliphatic carbocycles. The van der Waals surface area contributed by atoms with E-state index in [2.05, 4.69) is 15.0 Å². The van der Waals surface area contributed by atoms with E-state index in [9.17, 15) is 19.5 Å². The van der Waals surface area contributed by atoms with Crippen LogP contribution < -0.4 is 11.2 Å². The van der Waals surface area contributed by atoms with Gasteiger partial charge in [0, 0.05) is 42.5 Å². The molecular formula is C27H24N6O4. The van der Waals surface area contributed by atoms with Gasteiger partial charge in [0.2, 0.25) is 0 Å². The van der Waals surface area contributed by atoms with Gasteiger partial charge in [-0.25, -0.2) is 9.78 Å². The van der Waals surface area contributed by atoms with Crippen LogP contribution in [0.3, 0.4) is 0 Å². The molecule has 4 aromatic heterocycles. The maximum atomic E-state index is 13.2. The number of piperidine rings is 1. The quantitative estimate of drug-likeness (QED) is 0.366. The Balaban J connectivity index is 1.51. The number of aromatic nitrogens is 5. The molecule has 0 bridgehead atoms. The van der Waals surface area contributed by atoms with Crippen LogP contribution in [0.15, 0.2) is 64.4 Å². The summed E-state index contributed by atoms with van der Waals surface area (Å²) in [6.45, 7) is 2.24. The number of amides is 1. The molecule has 1 aliphatic heterocycles. The highest BCUT2D eigenvalue weighted by molar-refractivity contribution is 6.01. The first-order chi connectivity index (χ1) is 17.9. The smallest absolute Gasteiger partial charge is 0.329 e. The average molecular weight is 497 g/mol. The van der Waals surface area contributed by atoms with Gasteiger partial charge in [0.25, 0.3) is 11.5 Å². The summed E-state index contributed by atoms with van der Waals surface area (Å²) in [6.07, 6.45) is 3.15. The molecule has 1 fully saturated rings. The van der Waals surface area contributed by atoms with Crippen LogP contribution in [0.4, 0.5) is 0 Å². The van der Waals surface area contributed by atoms with E-state index in [1.807, 2.05) is 42.5 Å². The molecule has 2 N–H and O–H groups in total. The van der Waals surface area contributed by atoms with Crippen LogP contribution in [0.2, 0.25) is 0 Å². The topological polar surface area (TPSA) is 134 Å². The number of rotatable bonds is 3. The summed E-state index contributed by atoms with van der Waals surface area (Å²) < 4.78 is 1.58. The fraction of sp³-hybridized carbons (Fsp3) is 0.259. The van der Waals surface area contributed by atoms with E-state index in [0.717, 1.165) is 16.5 Å². The third-order valence-electron chi connectivity index (χ3n) is 7.00. The van der Waals surface area contributed by atoms with Crippen molar-refractivity contribution in [1.82, 2.24) is 29.4 Å². The molecule has 5 aromatic rings. The van der Waals surface area contributed by atoms with Crippen molar-refractivity contribution in [2.24, 2.45) is 0 Å². The fourth-order valence-electron chi connectivity index (χ4n) is 5.12. The summed E-state index contributed by atoms with van der Waals surface area (Å²) in [5.74, 6) is -0.331. The van der Waals surface area contributed by atoms with E-state index in [-0.39, 0.29) is 17.3 Å². The standard InChI is InChI=1S/C27H24N6O4/c1-15(34)26(36)32-10-8-18(9-11-32)33-24-19(25(35)31-27(33)37)14-29-22-7-6-21(30-23(22)24)17-12-16-4-2-3-5-20(16)28-13-17/h2-7,12-15,18,34H,8-11H2,1H3,(H,31,35,37)/t15-/m1/s1. The van der Waals surface area contributed by atoms with E-state index in [0.29, 0.717) is 48.2 Å². The zero-order valence-corrected chi connectivity index (χ0v) is 20.1. The number of carbonyl (C=O) groups is 1. The summed E-state index contributed by atoms with van der Waals surface area (Å²) in [5.41, 5.74) is 2.73. The molecule has 10 nitrogen and oxygen atoms in total. The van der Waals surface area contributed by atoms with Crippen LogP contribution in [-0.4, -0.2) is 59.6 Å². The first kappa shape index (κ1) is 23.0. The van der Waals surface area contributed by atoms with Gasteiger partial charge in [0.1, 0.15) is 11.6 Å². The Bertz CT molecular complexity index is 1800. The van der Waals surface area contributed by atoms with Crippen molar-refractivity contribution >= 4 is 38.7 Å². The van der Waals surface area contributed by atoms with Crippen LogP contribution in [0, 0.1) is 0 Å². The number of para-hydroxylation sites is 1. The van der Waals surface area contributed by atoms with Crippen molar-refractivity contribution in [3.63, 3.8) is 0 Å². The van der Waals surface area contributed by atoms with Gasteiger partial charge < -0.3 is 10.0 Å². The third kappa shape index (κ3) is 3.95. The van der Waals surface area contributed by atoms with Gasteiger partial charge >= 0.3 is 5.69 Å². The number of likely N-dealkylation sites (tertiary alicyclic amines) is 1. The summed E-state index contributed by atoms with van der Waals surface area (Å²) in [4.78, 5) is 56.0. The van der Waals surface area contributed by atoms with Gasteiger partial charge in [0.05, 0.1) is 27.6 Å². The predicted molar refractivity (Wildman–Crippen MR) is 139 cm³/mol. The van der Waals surface area contributed by atoms with Gasteiger partial charge in [-0.3, -0.25) is 29.1 Å². The van der Waals surface area contributed by atoms with Gasteiger partial charge in [-0.15, -0.1) is 0 Å². The SMILES string of the molecule is C[C@@H](O)C(=O)N1CCC(n2c(=O)[nH]c(=O)c3cnc4ccc(-c5cnc6ccccc6c5)nc4c32)CC1. The minimum absolute atomic E-state index is 0.261. The lowest BCUT2D eigenvalue weighted by Gasteiger charge is -2.34. The molecule has 1 atom stereocenters. The van der Waals surface area contributed by atoms with Gasteiger partial charge in [-0.1, -0.05) is 18.2 Å². The zero-order valence-electron chi connectivity index (χ0n) is 20.1. The first-order valence-corrected chi connectivity index (χ1v) is 12.2. The lowest BCUT2D eigenvalue weighted by Crippen LogP contribution is -2.45. The summed E-state index contributed by atoms with van der Waals surface area (Å²) >= 11 is 0. The highest BCUT2D eigenvalue weighted by Gasteiger charge is 2.28.